The smallest absolute Gasteiger partial charge is 0.0636 e. The van der Waals surface area contributed by atoms with Crippen molar-refractivity contribution in [3.05, 3.63) is 0 Å². The molecule has 0 aromatic carbocycles. The lowest BCUT2D eigenvalue weighted by Gasteiger charge is -2.15. The second-order valence-corrected chi connectivity index (χ2v) is 3.56. The van der Waals surface area contributed by atoms with Crippen LogP contribution in [-0.4, -0.2) is 38.0 Å². The molecule has 0 aliphatic rings. The van der Waals surface area contributed by atoms with Crippen molar-refractivity contribution < 1.29 is 9.84 Å². The molecule has 80 valence electrons. The summed E-state index contributed by atoms with van der Waals surface area (Å²) in [5, 5.41) is 12.3. The zero-order valence-electron chi connectivity index (χ0n) is 9.05. The molecule has 3 heteroatoms. The van der Waals surface area contributed by atoms with Gasteiger partial charge in [-0.2, -0.15) is 0 Å². The topological polar surface area (TPSA) is 41.5 Å². The van der Waals surface area contributed by atoms with Gasteiger partial charge in [-0.25, -0.2) is 0 Å². The molecule has 0 spiro atoms. The quantitative estimate of drug-likeness (QED) is 0.599. The fraction of sp³-hybridized carbons (Fsp3) is 1.00. The highest BCUT2D eigenvalue weighted by molar-refractivity contribution is 4.62. The van der Waals surface area contributed by atoms with Gasteiger partial charge in [-0.05, 0) is 25.8 Å². The number of hydrogen-bond donors (Lipinski definition) is 2. The van der Waals surface area contributed by atoms with Crippen molar-refractivity contribution in [1.29, 1.82) is 0 Å². The Hall–Kier alpha value is -0.120. The monoisotopic (exact) mass is 189 g/mol. The molecule has 0 amide bonds. The minimum atomic E-state index is -0.250. The van der Waals surface area contributed by atoms with Gasteiger partial charge in [0.25, 0.3) is 0 Å². The summed E-state index contributed by atoms with van der Waals surface area (Å²) in [7, 11) is 1.73. The summed E-state index contributed by atoms with van der Waals surface area (Å²) in [6, 6.07) is 0. The molecule has 0 heterocycles. The van der Waals surface area contributed by atoms with E-state index >= 15 is 0 Å². The molecular formula is C10H23NO2. The Kier molecular flexibility index (Phi) is 8.40. The van der Waals surface area contributed by atoms with Crippen molar-refractivity contribution in [3.63, 3.8) is 0 Å². The van der Waals surface area contributed by atoms with Gasteiger partial charge in [-0.1, -0.05) is 13.3 Å². The van der Waals surface area contributed by atoms with Crippen LogP contribution in [0.3, 0.4) is 0 Å². The number of ether oxygens (including phenoxy) is 1. The molecule has 0 radical (unpaired) electrons. The summed E-state index contributed by atoms with van der Waals surface area (Å²) in [6.45, 7) is 6.47. The molecule has 0 aromatic rings. The predicted molar refractivity (Wildman–Crippen MR) is 54.8 cm³/mol. The van der Waals surface area contributed by atoms with E-state index < -0.39 is 0 Å². The Morgan fingerprint density at radius 2 is 2.08 bits per heavy atom. The number of rotatable bonds is 8. The lowest BCUT2D eigenvalue weighted by atomic mass is 10.0. The van der Waals surface area contributed by atoms with E-state index in [1.165, 1.54) is 0 Å². The summed E-state index contributed by atoms with van der Waals surface area (Å²) < 4.78 is 5.02. The third-order valence-corrected chi connectivity index (χ3v) is 2.18. The fourth-order valence-corrected chi connectivity index (χ4v) is 1.23. The summed E-state index contributed by atoms with van der Waals surface area (Å²) in [5.41, 5.74) is 0. The molecule has 2 atom stereocenters. The molecule has 0 bridgehead atoms. The lowest BCUT2D eigenvalue weighted by Crippen LogP contribution is -2.29. The molecule has 2 N–H and O–H groups in total. The number of hydrogen-bond acceptors (Lipinski definition) is 3. The van der Waals surface area contributed by atoms with E-state index in [0.29, 0.717) is 12.5 Å². The second kappa shape index (κ2) is 8.48. The highest BCUT2D eigenvalue weighted by Crippen LogP contribution is 2.06. The summed E-state index contributed by atoms with van der Waals surface area (Å²) in [6.07, 6.45) is 2.01. The van der Waals surface area contributed by atoms with Crippen molar-refractivity contribution in [1.82, 2.24) is 5.32 Å². The molecule has 0 saturated heterocycles. The first-order valence-corrected chi connectivity index (χ1v) is 5.08. The standard InChI is InChI=1S/C10H23NO2/c1-4-10(5-6-13-3)8-11-7-9(2)12/h9-12H,4-8H2,1-3H3/t9-,10-/m1/s1. The van der Waals surface area contributed by atoms with Crippen molar-refractivity contribution in [2.75, 3.05) is 26.8 Å². The molecule has 0 rings (SSSR count). The Morgan fingerprint density at radius 3 is 2.54 bits per heavy atom. The van der Waals surface area contributed by atoms with Crippen LogP contribution in [0.15, 0.2) is 0 Å². The number of methoxy groups -OCH3 is 1. The second-order valence-electron chi connectivity index (χ2n) is 3.56. The lowest BCUT2D eigenvalue weighted by molar-refractivity contribution is 0.168. The van der Waals surface area contributed by atoms with Crippen LogP contribution < -0.4 is 5.32 Å². The highest BCUT2D eigenvalue weighted by atomic mass is 16.5. The largest absolute Gasteiger partial charge is 0.392 e. The average molecular weight is 189 g/mol. The van der Waals surface area contributed by atoms with E-state index in [4.69, 9.17) is 9.84 Å². The molecule has 0 aliphatic carbocycles. The van der Waals surface area contributed by atoms with Gasteiger partial charge < -0.3 is 15.2 Å². The molecular weight excluding hydrogens is 166 g/mol. The Labute approximate surface area is 81.5 Å². The van der Waals surface area contributed by atoms with Crippen LogP contribution in [0.25, 0.3) is 0 Å². The normalized spacial score (nSPS) is 15.7. The van der Waals surface area contributed by atoms with Crippen LogP contribution in [0, 0.1) is 5.92 Å². The van der Waals surface area contributed by atoms with Crippen LogP contribution in [0.4, 0.5) is 0 Å². The van der Waals surface area contributed by atoms with Crippen molar-refractivity contribution in [2.24, 2.45) is 5.92 Å². The molecule has 0 unspecified atom stereocenters. The van der Waals surface area contributed by atoms with Crippen LogP contribution in [0.1, 0.15) is 26.7 Å². The first-order valence-electron chi connectivity index (χ1n) is 5.08. The van der Waals surface area contributed by atoms with E-state index in [1.54, 1.807) is 14.0 Å². The van der Waals surface area contributed by atoms with Crippen molar-refractivity contribution >= 4 is 0 Å². The molecule has 0 aromatic heterocycles. The number of aliphatic hydroxyl groups is 1. The average Bonchev–Trinajstić information content (AvgIpc) is 2.10. The molecule has 0 saturated carbocycles. The van der Waals surface area contributed by atoms with Crippen LogP contribution in [0.5, 0.6) is 0 Å². The minimum absolute atomic E-state index is 0.250. The Morgan fingerprint density at radius 1 is 1.38 bits per heavy atom. The summed E-state index contributed by atoms with van der Waals surface area (Å²) in [4.78, 5) is 0. The van der Waals surface area contributed by atoms with Crippen LogP contribution >= 0.6 is 0 Å². The molecule has 3 nitrogen and oxygen atoms in total. The summed E-state index contributed by atoms with van der Waals surface area (Å²) >= 11 is 0. The Balaban J connectivity index is 3.36. The van der Waals surface area contributed by atoms with Gasteiger partial charge in [0.05, 0.1) is 6.10 Å². The van der Waals surface area contributed by atoms with Gasteiger partial charge in [0.1, 0.15) is 0 Å². The molecule has 0 aliphatic heterocycles. The Bertz CT molecular complexity index is 107. The number of nitrogens with one attached hydrogen (secondary N) is 1. The maximum Gasteiger partial charge on any atom is 0.0636 e. The van der Waals surface area contributed by atoms with Crippen molar-refractivity contribution in [3.8, 4) is 0 Å². The van der Waals surface area contributed by atoms with E-state index in [1.807, 2.05) is 0 Å². The van der Waals surface area contributed by atoms with Crippen LogP contribution in [0.2, 0.25) is 0 Å². The van der Waals surface area contributed by atoms with Gasteiger partial charge in [0, 0.05) is 20.3 Å². The van der Waals surface area contributed by atoms with E-state index in [0.717, 1.165) is 26.0 Å². The summed E-state index contributed by atoms with van der Waals surface area (Å²) in [5.74, 6) is 0.665. The highest BCUT2D eigenvalue weighted by Gasteiger charge is 2.05. The fourth-order valence-electron chi connectivity index (χ4n) is 1.23. The van der Waals surface area contributed by atoms with Crippen LogP contribution in [-0.2, 0) is 4.74 Å². The SMILES string of the molecule is CC[C@H](CCOC)CNC[C@@H](C)O. The molecule has 0 fully saturated rings. The van der Waals surface area contributed by atoms with E-state index in [9.17, 15) is 0 Å². The third-order valence-electron chi connectivity index (χ3n) is 2.18. The third kappa shape index (κ3) is 8.22. The molecule has 13 heavy (non-hydrogen) atoms. The van der Waals surface area contributed by atoms with E-state index in [2.05, 4.69) is 12.2 Å². The first kappa shape index (κ1) is 12.9. The maximum absolute atomic E-state index is 9.03. The first-order chi connectivity index (χ1) is 6.20. The minimum Gasteiger partial charge on any atom is -0.392 e. The van der Waals surface area contributed by atoms with Crippen molar-refractivity contribution in [2.45, 2.75) is 32.8 Å². The van der Waals surface area contributed by atoms with Gasteiger partial charge in [0.15, 0.2) is 0 Å². The van der Waals surface area contributed by atoms with Gasteiger partial charge >= 0.3 is 0 Å². The van der Waals surface area contributed by atoms with Gasteiger partial charge in [-0.3, -0.25) is 0 Å². The van der Waals surface area contributed by atoms with Gasteiger partial charge in [-0.15, -0.1) is 0 Å². The zero-order valence-corrected chi connectivity index (χ0v) is 9.05. The van der Waals surface area contributed by atoms with Gasteiger partial charge in [0.2, 0.25) is 0 Å². The number of aliphatic hydroxyl groups excluding tert-OH is 1. The van der Waals surface area contributed by atoms with E-state index in [-0.39, 0.29) is 6.10 Å². The predicted octanol–water partition coefficient (Wildman–Crippen LogP) is 1.02. The zero-order chi connectivity index (χ0) is 10.1. The maximum atomic E-state index is 9.03.